The van der Waals surface area contributed by atoms with Gasteiger partial charge >= 0.3 is 0 Å². The van der Waals surface area contributed by atoms with Crippen LogP contribution in [0.4, 0.5) is 0 Å². The number of nitrogens with zero attached hydrogens (tertiary/aromatic N) is 2. The van der Waals surface area contributed by atoms with Crippen molar-refractivity contribution in [2.75, 3.05) is 6.61 Å². The van der Waals surface area contributed by atoms with Crippen LogP contribution in [0.1, 0.15) is 17.5 Å². The van der Waals surface area contributed by atoms with Crippen LogP contribution in [-0.4, -0.2) is 30.8 Å². The third-order valence-electron chi connectivity index (χ3n) is 3.81. The molecule has 1 aromatic carbocycles. The van der Waals surface area contributed by atoms with Crippen molar-refractivity contribution in [1.82, 2.24) is 14.5 Å². The van der Waals surface area contributed by atoms with Crippen LogP contribution < -0.4 is 9.46 Å². The van der Waals surface area contributed by atoms with Gasteiger partial charge in [-0.15, -0.1) is 0 Å². The van der Waals surface area contributed by atoms with Gasteiger partial charge in [-0.2, -0.15) is 5.10 Å². The molecule has 118 valence electrons. The van der Waals surface area contributed by atoms with E-state index in [0.29, 0.717) is 18.6 Å². The molecule has 0 radical (unpaired) electrons. The molecule has 3 rings (SSSR count). The Morgan fingerprint density at radius 1 is 1.36 bits per heavy atom. The topological polar surface area (TPSA) is 73.2 Å². The van der Waals surface area contributed by atoms with Crippen molar-refractivity contribution < 1.29 is 13.2 Å². The fourth-order valence-corrected chi connectivity index (χ4v) is 4.35. The second-order valence-corrected chi connectivity index (χ2v) is 7.16. The van der Waals surface area contributed by atoms with Crippen molar-refractivity contribution >= 4 is 10.0 Å². The highest BCUT2D eigenvalue weighted by Crippen LogP contribution is 2.24. The average Bonchev–Trinajstić information content (AvgIpc) is 2.70. The number of hydrogen-bond donors (Lipinski definition) is 1. The number of nitrogens with one attached hydrogen (secondary N) is 1. The second kappa shape index (κ2) is 5.73. The van der Waals surface area contributed by atoms with E-state index >= 15 is 0 Å². The van der Waals surface area contributed by atoms with Crippen molar-refractivity contribution in [2.24, 2.45) is 7.05 Å². The SMILES string of the molecule is Cc1cnn(C)c1S(=O)(=O)NC1CCc2ccccc2OC1. The summed E-state index contributed by atoms with van der Waals surface area (Å²) in [5, 5.41) is 4.20. The second-order valence-electron chi connectivity index (χ2n) is 5.53. The minimum Gasteiger partial charge on any atom is -0.492 e. The highest BCUT2D eigenvalue weighted by Gasteiger charge is 2.27. The normalized spacial score (nSPS) is 18.4. The van der Waals surface area contributed by atoms with Crippen molar-refractivity contribution in [3.05, 3.63) is 41.6 Å². The minimum atomic E-state index is -3.61. The van der Waals surface area contributed by atoms with Gasteiger partial charge in [-0.05, 0) is 31.4 Å². The number of fused-ring (bicyclic) bond motifs is 1. The lowest BCUT2D eigenvalue weighted by Gasteiger charge is -2.16. The lowest BCUT2D eigenvalue weighted by molar-refractivity contribution is 0.283. The molecule has 0 saturated heterocycles. The summed E-state index contributed by atoms with van der Waals surface area (Å²) in [5.41, 5.74) is 1.74. The molecule has 0 fully saturated rings. The maximum atomic E-state index is 12.6. The van der Waals surface area contributed by atoms with Crippen LogP contribution in [0.5, 0.6) is 5.75 Å². The van der Waals surface area contributed by atoms with Crippen LogP contribution in [0.25, 0.3) is 0 Å². The van der Waals surface area contributed by atoms with E-state index < -0.39 is 10.0 Å². The van der Waals surface area contributed by atoms with Gasteiger partial charge in [0.1, 0.15) is 12.4 Å². The van der Waals surface area contributed by atoms with Crippen LogP contribution in [0.3, 0.4) is 0 Å². The monoisotopic (exact) mass is 321 g/mol. The molecule has 1 aromatic heterocycles. The average molecular weight is 321 g/mol. The van der Waals surface area contributed by atoms with Crippen LogP contribution >= 0.6 is 0 Å². The molecule has 2 aromatic rings. The molecular weight excluding hydrogens is 302 g/mol. The molecule has 0 aliphatic carbocycles. The summed E-state index contributed by atoms with van der Waals surface area (Å²) in [7, 11) is -1.98. The smallest absolute Gasteiger partial charge is 0.258 e. The number of ether oxygens (including phenoxy) is 1. The summed E-state index contributed by atoms with van der Waals surface area (Å²) in [6, 6.07) is 7.55. The zero-order chi connectivity index (χ0) is 15.7. The van der Waals surface area contributed by atoms with Gasteiger partial charge in [0.25, 0.3) is 10.0 Å². The molecule has 6 nitrogen and oxygen atoms in total. The Morgan fingerprint density at radius 3 is 2.86 bits per heavy atom. The summed E-state index contributed by atoms with van der Waals surface area (Å²) in [6.07, 6.45) is 3.04. The zero-order valence-electron chi connectivity index (χ0n) is 12.6. The summed E-state index contributed by atoms with van der Waals surface area (Å²) in [4.78, 5) is 0. The number of sulfonamides is 1. The molecular formula is C15H19N3O3S. The molecule has 1 atom stereocenters. The first kappa shape index (κ1) is 15.1. The van der Waals surface area contributed by atoms with Gasteiger partial charge in [0.05, 0.1) is 12.2 Å². The van der Waals surface area contributed by atoms with Gasteiger partial charge in [-0.3, -0.25) is 4.68 Å². The van der Waals surface area contributed by atoms with E-state index in [0.717, 1.165) is 17.7 Å². The zero-order valence-corrected chi connectivity index (χ0v) is 13.4. The molecule has 7 heteroatoms. The highest BCUT2D eigenvalue weighted by atomic mass is 32.2. The Hall–Kier alpha value is -1.86. The highest BCUT2D eigenvalue weighted by molar-refractivity contribution is 7.89. The maximum absolute atomic E-state index is 12.6. The van der Waals surface area contributed by atoms with Crippen molar-refractivity contribution in [2.45, 2.75) is 30.8 Å². The Balaban J connectivity index is 1.77. The summed E-state index contributed by atoms with van der Waals surface area (Å²) in [5.74, 6) is 0.834. The van der Waals surface area contributed by atoms with E-state index in [1.165, 1.54) is 4.68 Å². The van der Waals surface area contributed by atoms with E-state index in [9.17, 15) is 8.42 Å². The van der Waals surface area contributed by atoms with Gasteiger partial charge in [-0.1, -0.05) is 18.2 Å². The van der Waals surface area contributed by atoms with Gasteiger partial charge in [-0.25, -0.2) is 13.1 Å². The lowest BCUT2D eigenvalue weighted by atomic mass is 10.1. The molecule has 0 saturated carbocycles. The predicted molar refractivity (Wildman–Crippen MR) is 82.3 cm³/mol. The van der Waals surface area contributed by atoms with Crippen LogP contribution in [0, 0.1) is 6.92 Å². The number of para-hydroxylation sites is 1. The molecule has 1 aliphatic rings. The molecule has 1 aliphatic heterocycles. The van der Waals surface area contributed by atoms with E-state index in [1.807, 2.05) is 24.3 Å². The number of benzene rings is 1. The Kier molecular flexibility index (Phi) is 3.92. The first-order chi connectivity index (χ1) is 10.5. The fraction of sp³-hybridized carbons (Fsp3) is 0.400. The number of hydrogen-bond acceptors (Lipinski definition) is 4. The van der Waals surface area contributed by atoms with Crippen molar-refractivity contribution in [1.29, 1.82) is 0 Å². The van der Waals surface area contributed by atoms with E-state index in [1.54, 1.807) is 20.2 Å². The molecule has 0 bridgehead atoms. The van der Waals surface area contributed by atoms with E-state index in [2.05, 4.69) is 9.82 Å². The Bertz CT molecular complexity index is 737. The molecule has 2 heterocycles. The third kappa shape index (κ3) is 2.86. The number of aryl methyl sites for hydroxylation is 3. The summed E-state index contributed by atoms with van der Waals surface area (Å²) >= 11 is 0. The quantitative estimate of drug-likeness (QED) is 0.927. The third-order valence-corrected chi connectivity index (χ3v) is 5.55. The molecule has 1 unspecified atom stereocenters. The van der Waals surface area contributed by atoms with Gasteiger partial charge in [0.2, 0.25) is 0 Å². The standard InChI is InChI=1S/C15H19N3O3S/c1-11-9-16-18(2)15(11)22(19,20)17-13-8-7-12-5-3-4-6-14(12)21-10-13/h3-6,9,13,17H,7-8,10H2,1-2H3. The molecule has 22 heavy (non-hydrogen) atoms. The van der Waals surface area contributed by atoms with Crippen molar-refractivity contribution in [3.8, 4) is 5.75 Å². The molecule has 0 amide bonds. The van der Waals surface area contributed by atoms with Gasteiger partial charge in [0, 0.05) is 12.6 Å². The number of aromatic nitrogens is 2. The van der Waals surface area contributed by atoms with Crippen LogP contribution in [0.2, 0.25) is 0 Å². The first-order valence-electron chi connectivity index (χ1n) is 7.19. The van der Waals surface area contributed by atoms with Gasteiger partial charge in [0.15, 0.2) is 5.03 Å². The lowest BCUT2D eigenvalue weighted by Crippen LogP contribution is -2.39. The predicted octanol–water partition coefficient (Wildman–Crippen LogP) is 1.40. The summed E-state index contributed by atoms with van der Waals surface area (Å²) < 4.78 is 35.0. The van der Waals surface area contributed by atoms with Gasteiger partial charge < -0.3 is 4.74 Å². The van der Waals surface area contributed by atoms with E-state index in [-0.39, 0.29) is 11.1 Å². The van der Waals surface area contributed by atoms with Crippen LogP contribution in [0.15, 0.2) is 35.5 Å². The molecule has 0 spiro atoms. The Morgan fingerprint density at radius 2 is 2.14 bits per heavy atom. The summed E-state index contributed by atoms with van der Waals surface area (Å²) in [6.45, 7) is 2.06. The fourth-order valence-electron chi connectivity index (χ4n) is 2.74. The Labute approximate surface area is 130 Å². The molecule has 1 N–H and O–H groups in total. The minimum absolute atomic E-state index is 0.203. The first-order valence-corrected chi connectivity index (χ1v) is 8.67. The maximum Gasteiger partial charge on any atom is 0.258 e. The number of rotatable bonds is 3. The van der Waals surface area contributed by atoms with Crippen molar-refractivity contribution in [3.63, 3.8) is 0 Å². The van der Waals surface area contributed by atoms with E-state index in [4.69, 9.17) is 4.74 Å². The largest absolute Gasteiger partial charge is 0.492 e. The van der Waals surface area contributed by atoms with Crippen LogP contribution in [-0.2, 0) is 23.5 Å².